The summed E-state index contributed by atoms with van der Waals surface area (Å²) in [5.41, 5.74) is 9.93. The van der Waals surface area contributed by atoms with E-state index in [-0.39, 0.29) is 11.2 Å². The number of carbonyl (C=O) groups excluding carboxylic acids is 1. The van der Waals surface area contributed by atoms with Crippen molar-refractivity contribution in [2.75, 3.05) is 10.7 Å². The van der Waals surface area contributed by atoms with Gasteiger partial charge in [0.1, 0.15) is 5.82 Å². The number of allylic oxidation sites excluding steroid dienone is 3. The minimum absolute atomic E-state index is 0.0540. The molecule has 166 valence electrons. The number of thiophene rings is 1. The lowest BCUT2D eigenvalue weighted by molar-refractivity contribution is -0.118. The minimum Gasteiger partial charge on any atom is -0.384 e. The number of carbonyl (C=O) groups is 1. The average Bonchev–Trinajstić information content (AvgIpc) is 3.13. The van der Waals surface area contributed by atoms with E-state index in [1.165, 1.54) is 0 Å². The van der Waals surface area contributed by atoms with Crippen molar-refractivity contribution in [2.24, 2.45) is 11.1 Å². The summed E-state index contributed by atoms with van der Waals surface area (Å²) in [7, 11) is 0. The van der Waals surface area contributed by atoms with Gasteiger partial charge in [-0.25, -0.2) is 0 Å². The average molecular weight is 505 g/mol. The Morgan fingerprint density at radius 3 is 2.59 bits per heavy atom. The van der Waals surface area contributed by atoms with Crippen LogP contribution in [0.5, 0.6) is 0 Å². The molecule has 0 bridgehead atoms. The minimum atomic E-state index is -0.468. The van der Waals surface area contributed by atoms with Gasteiger partial charge in [0.05, 0.1) is 27.5 Å². The van der Waals surface area contributed by atoms with E-state index in [9.17, 15) is 10.1 Å². The smallest absolute Gasteiger partial charge is 0.162 e. The molecule has 2 heterocycles. The van der Waals surface area contributed by atoms with E-state index < -0.39 is 5.92 Å². The molecule has 2 N–H and O–H groups in total. The van der Waals surface area contributed by atoms with E-state index in [0.29, 0.717) is 45.5 Å². The van der Waals surface area contributed by atoms with Crippen LogP contribution in [0.2, 0.25) is 10.0 Å². The van der Waals surface area contributed by atoms with Gasteiger partial charge in [-0.15, -0.1) is 23.1 Å². The number of hydrogen-bond donors (Lipinski definition) is 1. The Bertz CT molecular complexity index is 1190. The van der Waals surface area contributed by atoms with Gasteiger partial charge >= 0.3 is 0 Å². The molecular formula is C24H23Cl2N3OS2. The summed E-state index contributed by atoms with van der Waals surface area (Å²) in [6, 6.07) is 9.50. The summed E-state index contributed by atoms with van der Waals surface area (Å²) >= 11 is 15.9. The number of nitrogens with two attached hydrogens (primary N) is 1. The number of nitriles is 1. The predicted molar refractivity (Wildman–Crippen MR) is 134 cm³/mol. The maximum absolute atomic E-state index is 13.6. The van der Waals surface area contributed by atoms with Crippen LogP contribution in [0.1, 0.15) is 45.1 Å². The second kappa shape index (κ2) is 8.79. The molecule has 0 amide bonds. The first-order valence-electron chi connectivity index (χ1n) is 10.3. The molecule has 0 radical (unpaired) electrons. The van der Waals surface area contributed by atoms with Crippen molar-refractivity contribution in [1.29, 1.82) is 5.26 Å². The second-order valence-corrected chi connectivity index (χ2v) is 12.0. The summed E-state index contributed by atoms with van der Waals surface area (Å²) in [5, 5.41) is 13.1. The third kappa shape index (κ3) is 4.08. The highest BCUT2D eigenvalue weighted by Crippen LogP contribution is 2.52. The van der Waals surface area contributed by atoms with Crippen LogP contribution < -0.4 is 10.6 Å². The molecule has 0 fully saturated rings. The Balaban J connectivity index is 2.01. The number of Topliss-reactive ketones (excluding diaryl/α,β-unsaturated/α-hetero) is 1. The van der Waals surface area contributed by atoms with Crippen molar-refractivity contribution in [3.8, 4) is 6.07 Å². The molecule has 2 aliphatic rings. The van der Waals surface area contributed by atoms with Gasteiger partial charge in [-0.05, 0) is 52.8 Å². The Kier molecular flexibility index (Phi) is 6.39. The predicted octanol–water partition coefficient (Wildman–Crippen LogP) is 7.11. The SMILES string of the molecule is CCSc1sccc1[C@H]1C(C#N)=C(N)N(c2cc(Cl)cc(Cl)c2)C2=C1C(=O)CC(C)(C)C2. The zero-order chi connectivity index (χ0) is 23.2. The number of rotatable bonds is 4. The number of benzene rings is 1. The van der Waals surface area contributed by atoms with E-state index in [2.05, 4.69) is 26.8 Å². The Hall–Kier alpha value is -1.91. The molecule has 2 aromatic rings. The van der Waals surface area contributed by atoms with Gasteiger partial charge in [0, 0.05) is 27.7 Å². The van der Waals surface area contributed by atoms with Crippen LogP contribution in [-0.4, -0.2) is 11.5 Å². The Morgan fingerprint density at radius 1 is 1.28 bits per heavy atom. The lowest BCUT2D eigenvalue weighted by Gasteiger charge is -2.43. The highest BCUT2D eigenvalue weighted by atomic mass is 35.5. The van der Waals surface area contributed by atoms with E-state index >= 15 is 0 Å². The summed E-state index contributed by atoms with van der Waals surface area (Å²) in [4.78, 5) is 15.4. The normalized spacial score (nSPS) is 20.4. The van der Waals surface area contributed by atoms with Crippen molar-refractivity contribution < 1.29 is 4.79 Å². The molecule has 0 saturated heterocycles. The van der Waals surface area contributed by atoms with Crippen LogP contribution in [-0.2, 0) is 4.79 Å². The topological polar surface area (TPSA) is 70.1 Å². The fraction of sp³-hybridized carbons (Fsp3) is 0.333. The third-order valence-corrected chi connectivity index (χ3v) is 8.32. The van der Waals surface area contributed by atoms with Crippen molar-refractivity contribution in [3.05, 3.63) is 67.9 Å². The number of hydrogen-bond acceptors (Lipinski definition) is 6. The van der Waals surface area contributed by atoms with Crippen LogP contribution in [0.3, 0.4) is 0 Å². The summed E-state index contributed by atoms with van der Waals surface area (Å²) in [5.74, 6) is 0.809. The maximum Gasteiger partial charge on any atom is 0.162 e. The van der Waals surface area contributed by atoms with E-state index in [4.69, 9.17) is 28.9 Å². The molecular weight excluding hydrogens is 481 g/mol. The number of nitrogens with zero attached hydrogens (tertiary/aromatic N) is 2. The molecule has 0 unspecified atom stereocenters. The van der Waals surface area contributed by atoms with Gasteiger partial charge in [0.2, 0.25) is 0 Å². The van der Waals surface area contributed by atoms with Crippen molar-refractivity contribution >= 4 is 57.8 Å². The molecule has 1 aliphatic carbocycles. The summed E-state index contributed by atoms with van der Waals surface area (Å²) in [6.07, 6.45) is 1.07. The lowest BCUT2D eigenvalue weighted by Crippen LogP contribution is -2.42. The Morgan fingerprint density at radius 2 is 1.97 bits per heavy atom. The Labute approximate surface area is 206 Å². The zero-order valence-electron chi connectivity index (χ0n) is 18.0. The molecule has 1 aliphatic heterocycles. The molecule has 4 nitrogen and oxygen atoms in total. The summed E-state index contributed by atoms with van der Waals surface area (Å²) < 4.78 is 1.11. The van der Waals surface area contributed by atoms with Crippen LogP contribution >= 0.6 is 46.3 Å². The van der Waals surface area contributed by atoms with Gasteiger partial charge in [-0.1, -0.05) is 44.0 Å². The molecule has 1 aromatic carbocycles. The van der Waals surface area contributed by atoms with E-state index in [1.54, 1.807) is 46.2 Å². The quantitative estimate of drug-likeness (QED) is 0.450. The van der Waals surface area contributed by atoms with E-state index in [1.807, 2.05) is 11.4 Å². The molecule has 1 aromatic heterocycles. The first-order valence-corrected chi connectivity index (χ1v) is 12.9. The van der Waals surface area contributed by atoms with Crippen LogP contribution in [0.25, 0.3) is 0 Å². The first-order chi connectivity index (χ1) is 15.2. The van der Waals surface area contributed by atoms with Gasteiger partial charge in [-0.2, -0.15) is 5.26 Å². The van der Waals surface area contributed by atoms with Crippen LogP contribution in [0.15, 0.2) is 56.5 Å². The number of thioether (sulfide) groups is 1. The maximum atomic E-state index is 13.6. The fourth-order valence-electron chi connectivity index (χ4n) is 4.55. The van der Waals surface area contributed by atoms with Gasteiger partial charge in [-0.3, -0.25) is 9.69 Å². The largest absolute Gasteiger partial charge is 0.384 e. The molecule has 32 heavy (non-hydrogen) atoms. The van der Waals surface area contributed by atoms with Crippen LogP contribution in [0.4, 0.5) is 5.69 Å². The first kappa shape index (κ1) is 23.3. The number of anilines is 1. The molecule has 4 rings (SSSR count). The molecule has 0 saturated carbocycles. The van der Waals surface area contributed by atoms with Crippen molar-refractivity contribution in [3.63, 3.8) is 0 Å². The van der Waals surface area contributed by atoms with Gasteiger partial charge in [0.15, 0.2) is 5.78 Å². The molecule has 0 spiro atoms. The number of ketones is 1. The summed E-state index contributed by atoms with van der Waals surface area (Å²) in [6.45, 7) is 6.25. The second-order valence-electron chi connectivity index (χ2n) is 8.70. The van der Waals surface area contributed by atoms with Crippen molar-refractivity contribution in [2.45, 2.75) is 43.7 Å². The van der Waals surface area contributed by atoms with Crippen molar-refractivity contribution in [1.82, 2.24) is 0 Å². The third-order valence-electron chi connectivity index (χ3n) is 5.73. The van der Waals surface area contributed by atoms with Gasteiger partial charge in [0.25, 0.3) is 0 Å². The standard InChI is InChI=1S/C24H23Cl2N3OS2/c1-4-31-23-16(5-6-32-23)20-17(12-27)22(28)29(15-8-13(25)7-14(26)9-15)18-10-24(2,3)11-19(30)21(18)20/h5-9,20H,4,10-11,28H2,1-3H3/t20-/m0/s1. The number of halogens is 2. The highest BCUT2D eigenvalue weighted by molar-refractivity contribution is 8.01. The van der Waals surface area contributed by atoms with E-state index in [0.717, 1.165) is 21.2 Å². The van der Waals surface area contributed by atoms with Gasteiger partial charge < -0.3 is 5.73 Å². The zero-order valence-corrected chi connectivity index (χ0v) is 21.2. The monoisotopic (exact) mass is 503 g/mol. The lowest BCUT2D eigenvalue weighted by atomic mass is 9.69. The highest BCUT2D eigenvalue weighted by Gasteiger charge is 2.45. The van der Waals surface area contributed by atoms with Crippen LogP contribution in [0, 0.1) is 16.7 Å². The molecule has 1 atom stereocenters. The molecule has 8 heteroatoms. The fourth-order valence-corrected chi connectivity index (χ4v) is 7.13.